The van der Waals surface area contributed by atoms with Gasteiger partial charge in [-0.1, -0.05) is 30.0 Å². The fourth-order valence-electron chi connectivity index (χ4n) is 1.44. The van der Waals surface area contributed by atoms with E-state index in [9.17, 15) is 4.79 Å². The van der Waals surface area contributed by atoms with Crippen molar-refractivity contribution in [2.24, 2.45) is 4.99 Å². The van der Waals surface area contributed by atoms with Gasteiger partial charge in [0.2, 0.25) is 0 Å². The lowest BCUT2D eigenvalue weighted by Gasteiger charge is -2.22. The minimum atomic E-state index is 0.0738. The number of hydrogen-bond acceptors (Lipinski definition) is 4. The molecule has 0 saturated carbocycles. The maximum Gasteiger partial charge on any atom is 0.253 e. The van der Waals surface area contributed by atoms with E-state index in [0.717, 1.165) is 10.9 Å². The third-order valence-corrected chi connectivity index (χ3v) is 3.04. The topological polar surface area (TPSA) is 35.9 Å². The molecule has 16 heavy (non-hydrogen) atoms. The van der Waals surface area contributed by atoms with E-state index in [0.29, 0.717) is 5.75 Å². The lowest BCUT2D eigenvalue weighted by Crippen LogP contribution is -2.41. The molecule has 0 bridgehead atoms. The van der Waals surface area contributed by atoms with E-state index in [1.54, 1.807) is 10.0 Å². The Kier molecular flexibility index (Phi) is 3.26. The van der Waals surface area contributed by atoms with Gasteiger partial charge in [-0.3, -0.25) is 4.79 Å². The zero-order valence-electron chi connectivity index (χ0n) is 9.25. The van der Waals surface area contributed by atoms with Gasteiger partial charge in [0, 0.05) is 14.1 Å². The summed E-state index contributed by atoms with van der Waals surface area (Å²) in [6.07, 6.45) is 0. The molecule has 5 heteroatoms. The molecule has 1 aromatic rings. The van der Waals surface area contributed by atoms with E-state index < -0.39 is 0 Å². The van der Waals surface area contributed by atoms with Crippen molar-refractivity contribution in [1.29, 1.82) is 0 Å². The Balaban J connectivity index is 2.27. The third-order valence-electron chi connectivity index (χ3n) is 2.12. The number of aliphatic imine (C=N–C) groups is 1. The second-order valence-electron chi connectivity index (χ2n) is 3.57. The van der Waals surface area contributed by atoms with E-state index >= 15 is 0 Å². The first kappa shape index (κ1) is 11.2. The van der Waals surface area contributed by atoms with Crippen molar-refractivity contribution < 1.29 is 4.79 Å². The SMILES string of the molecule is CN(C)N1C(=O)CSC1=Nc1ccccc1. The highest BCUT2D eigenvalue weighted by atomic mass is 32.2. The number of carbonyl (C=O) groups excluding carboxylic acids is 1. The third kappa shape index (κ3) is 2.25. The van der Waals surface area contributed by atoms with Crippen LogP contribution in [0.3, 0.4) is 0 Å². The molecule has 1 fully saturated rings. The Bertz CT molecular complexity index is 416. The predicted octanol–water partition coefficient (Wildman–Crippen LogP) is 1.73. The highest BCUT2D eigenvalue weighted by molar-refractivity contribution is 8.15. The summed E-state index contributed by atoms with van der Waals surface area (Å²) in [4.78, 5) is 16.1. The molecule has 84 valence electrons. The molecule has 0 N–H and O–H groups in total. The average Bonchev–Trinajstić information content (AvgIpc) is 2.61. The smallest absolute Gasteiger partial charge is 0.253 e. The Labute approximate surface area is 98.9 Å². The van der Waals surface area contributed by atoms with E-state index in [4.69, 9.17) is 0 Å². The first-order valence-electron chi connectivity index (χ1n) is 4.95. The van der Waals surface area contributed by atoms with Crippen LogP contribution in [0.25, 0.3) is 0 Å². The van der Waals surface area contributed by atoms with Gasteiger partial charge in [-0.2, -0.15) is 0 Å². The van der Waals surface area contributed by atoms with E-state index in [-0.39, 0.29) is 5.91 Å². The second-order valence-corrected chi connectivity index (χ2v) is 4.51. The molecule has 0 atom stereocenters. The minimum Gasteiger partial charge on any atom is -0.272 e. The number of para-hydroxylation sites is 1. The van der Waals surface area contributed by atoms with Crippen LogP contribution in [0.4, 0.5) is 5.69 Å². The number of carbonyl (C=O) groups is 1. The highest BCUT2D eigenvalue weighted by Crippen LogP contribution is 2.23. The van der Waals surface area contributed by atoms with Crippen molar-refractivity contribution in [3.05, 3.63) is 30.3 Å². The minimum absolute atomic E-state index is 0.0738. The van der Waals surface area contributed by atoms with Crippen molar-refractivity contribution in [3.8, 4) is 0 Å². The quantitative estimate of drug-likeness (QED) is 0.783. The summed E-state index contributed by atoms with van der Waals surface area (Å²) in [5.74, 6) is 0.536. The molecule has 0 aromatic heterocycles. The van der Waals surface area contributed by atoms with Gasteiger partial charge in [-0.25, -0.2) is 15.0 Å². The molecule has 1 heterocycles. The molecule has 0 unspecified atom stereocenters. The first-order valence-corrected chi connectivity index (χ1v) is 5.94. The van der Waals surface area contributed by atoms with Crippen LogP contribution in [0.1, 0.15) is 0 Å². The molecule has 0 radical (unpaired) electrons. The maximum absolute atomic E-state index is 11.6. The van der Waals surface area contributed by atoms with Crippen LogP contribution >= 0.6 is 11.8 Å². The molecule has 2 rings (SSSR count). The normalized spacial score (nSPS) is 18.8. The molecule has 0 aliphatic carbocycles. The molecular formula is C11H13N3OS. The summed E-state index contributed by atoms with van der Waals surface area (Å²) in [7, 11) is 3.68. The van der Waals surface area contributed by atoms with Crippen molar-refractivity contribution >= 4 is 28.5 Å². The summed E-state index contributed by atoms with van der Waals surface area (Å²) >= 11 is 1.47. The van der Waals surface area contributed by atoms with Crippen LogP contribution in [0, 0.1) is 0 Å². The molecular weight excluding hydrogens is 222 g/mol. The van der Waals surface area contributed by atoms with Crippen LogP contribution in [0.5, 0.6) is 0 Å². The van der Waals surface area contributed by atoms with Crippen LogP contribution in [-0.2, 0) is 4.79 Å². The Hall–Kier alpha value is -1.33. The Morgan fingerprint density at radius 3 is 2.62 bits per heavy atom. The number of amidine groups is 1. The molecule has 1 aliphatic rings. The van der Waals surface area contributed by atoms with Crippen LogP contribution < -0.4 is 0 Å². The number of hydrogen-bond donors (Lipinski definition) is 0. The van der Waals surface area contributed by atoms with Gasteiger partial charge < -0.3 is 0 Å². The molecule has 1 aromatic carbocycles. The standard InChI is InChI=1S/C11H13N3OS/c1-13(2)14-10(15)8-16-11(14)12-9-6-4-3-5-7-9/h3-7H,8H2,1-2H3. The van der Waals surface area contributed by atoms with Crippen molar-refractivity contribution in [1.82, 2.24) is 10.0 Å². The van der Waals surface area contributed by atoms with Crippen LogP contribution in [-0.4, -0.2) is 40.9 Å². The monoisotopic (exact) mass is 235 g/mol. The molecule has 1 saturated heterocycles. The molecule has 1 aliphatic heterocycles. The molecule has 4 nitrogen and oxygen atoms in total. The number of rotatable bonds is 2. The summed E-state index contributed by atoms with van der Waals surface area (Å²) in [6.45, 7) is 0. The number of hydrazine groups is 1. The molecule has 0 spiro atoms. The van der Waals surface area contributed by atoms with E-state index in [1.807, 2.05) is 44.4 Å². The Morgan fingerprint density at radius 1 is 1.31 bits per heavy atom. The van der Waals surface area contributed by atoms with Gasteiger partial charge >= 0.3 is 0 Å². The van der Waals surface area contributed by atoms with Gasteiger partial charge in [0.05, 0.1) is 11.4 Å². The van der Waals surface area contributed by atoms with Crippen molar-refractivity contribution in [3.63, 3.8) is 0 Å². The fourth-order valence-corrected chi connectivity index (χ4v) is 2.37. The summed E-state index contributed by atoms with van der Waals surface area (Å²) in [5.41, 5.74) is 0.867. The van der Waals surface area contributed by atoms with Gasteiger partial charge in [0.25, 0.3) is 5.91 Å². The predicted molar refractivity (Wildman–Crippen MR) is 66.5 cm³/mol. The summed E-state index contributed by atoms with van der Waals surface area (Å²) in [6, 6.07) is 9.65. The van der Waals surface area contributed by atoms with E-state index in [2.05, 4.69) is 4.99 Å². The number of amides is 1. The number of thioether (sulfide) groups is 1. The largest absolute Gasteiger partial charge is 0.272 e. The summed E-state index contributed by atoms with van der Waals surface area (Å²) < 4.78 is 0. The van der Waals surface area contributed by atoms with Crippen molar-refractivity contribution in [2.75, 3.05) is 19.8 Å². The maximum atomic E-state index is 11.6. The lowest BCUT2D eigenvalue weighted by atomic mass is 10.3. The van der Waals surface area contributed by atoms with E-state index in [1.165, 1.54) is 11.8 Å². The highest BCUT2D eigenvalue weighted by Gasteiger charge is 2.29. The van der Waals surface area contributed by atoms with Crippen LogP contribution in [0.2, 0.25) is 0 Å². The fraction of sp³-hybridized carbons (Fsp3) is 0.273. The van der Waals surface area contributed by atoms with Crippen LogP contribution in [0.15, 0.2) is 35.3 Å². The van der Waals surface area contributed by atoms with Crippen molar-refractivity contribution in [2.45, 2.75) is 0 Å². The number of benzene rings is 1. The summed E-state index contributed by atoms with van der Waals surface area (Å²) in [5, 5.41) is 4.09. The van der Waals surface area contributed by atoms with Gasteiger partial charge in [-0.15, -0.1) is 0 Å². The Morgan fingerprint density at radius 2 is 2.00 bits per heavy atom. The second kappa shape index (κ2) is 4.67. The lowest BCUT2D eigenvalue weighted by molar-refractivity contribution is -0.132. The van der Waals surface area contributed by atoms with Gasteiger partial charge in [0.1, 0.15) is 0 Å². The molecule has 1 amide bonds. The number of nitrogens with zero attached hydrogens (tertiary/aromatic N) is 3. The van der Waals surface area contributed by atoms with Gasteiger partial charge in [-0.05, 0) is 12.1 Å². The zero-order chi connectivity index (χ0) is 11.5. The van der Waals surface area contributed by atoms with Gasteiger partial charge in [0.15, 0.2) is 5.17 Å². The first-order chi connectivity index (χ1) is 7.68. The zero-order valence-corrected chi connectivity index (χ0v) is 10.1. The average molecular weight is 235 g/mol.